The van der Waals surface area contributed by atoms with Crippen molar-refractivity contribution in [2.24, 2.45) is 0 Å². The molecule has 0 spiro atoms. The van der Waals surface area contributed by atoms with Crippen molar-refractivity contribution < 1.29 is 19.0 Å². The topological polar surface area (TPSA) is 51.2 Å². The molecule has 1 aliphatic rings. The summed E-state index contributed by atoms with van der Waals surface area (Å²) in [5.74, 6) is 1.66. The van der Waals surface area contributed by atoms with Crippen LogP contribution in [0.3, 0.4) is 0 Å². The second-order valence-corrected chi connectivity index (χ2v) is 10.0. The molecule has 3 aromatic carbocycles. The smallest absolute Gasteiger partial charge is 0.281 e. The minimum atomic E-state index is -0.211. The molecular formula is C27H24Br2N2O4S. The van der Waals surface area contributed by atoms with E-state index < -0.39 is 0 Å². The Kier molecular flexibility index (Phi) is 8.33. The molecule has 0 aliphatic carbocycles. The Bertz CT molecular complexity index is 1310. The van der Waals surface area contributed by atoms with Gasteiger partial charge in [-0.15, -0.1) is 0 Å². The minimum absolute atomic E-state index is 0.211. The summed E-state index contributed by atoms with van der Waals surface area (Å²) in [7, 11) is 3.36. The second kappa shape index (κ2) is 11.5. The normalized spacial score (nSPS) is 14.5. The van der Waals surface area contributed by atoms with Gasteiger partial charge in [0.2, 0.25) is 0 Å². The molecule has 0 atom stereocenters. The van der Waals surface area contributed by atoms with Gasteiger partial charge >= 0.3 is 0 Å². The van der Waals surface area contributed by atoms with Crippen LogP contribution in [0.15, 0.2) is 75.3 Å². The van der Waals surface area contributed by atoms with Gasteiger partial charge in [0.1, 0.15) is 18.1 Å². The number of anilines is 1. The number of methoxy groups -OCH3 is 1. The zero-order valence-corrected chi connectivity index (χ0v) is 23.9. The first kappa shape index (κ1) is 26.2. The number of hydrogen-bond acceptors (Lipinski definition) is 5. The van der Waals surface area contributed by atoms with E-state index in [0.717, 1.165) is 21.3 Å². The molecule has 6 nitrogen and oxygen atoms in total. The number of nitrogens with zero attached hydrogens (tertiary/aromatic N) is 2. The van der Waals surface area contributed by atoms with Gasteiger partial charge in [0.25, 0.3) is 5.91 Å². The van der Waals surface area contributed by atoms with Gasteiger partial charge in [0, 0.05) is 11.5 Å². The van der Waals surface area contributed by atoms with Crippen LogP contribution in [0.4, 0.5) is 5.69 Å². The third-order valence-corrected chi connectivity index (χ3v) is 7.09. The molecule has 9 heteroatoms. The maximum atomic E-state index is 13.4. The van der Waals surface area contributed by atoms with Crippen molar-refractivity contribution in [2.45, 2.75) is 13.5 Å². The predicted octanol–water partition coefficient (Wildman–Crippen LogP) is 6.80. The standard InChI is InChI=1S/C27H24Br2N2O4S/c1-4-34-21-11-9-20(10-12-21)31-26(32)23(30(2)27(31)36)14-18-13-22(29)25(24(15-18)33-3)35-16-17-5-7-19(28)8-6-17/h5-15H,4,16H2,1-3H3/b23-14-. The molecule has 0 saturated carbocycles. The van der Waals surface area contributed by atoms with Crippen LogP contribution in [0.25, 0.3) is 6.08 Å². The summed E-state index contributed by atoms with van der Waals surface area (Å²) in [4.78, 5) is 16.6. The predicted molar refractivity (Wildman–Crippen MR) is 153 cm³/mol. The van der Waals surface area contributed by atoms with Gasteiger partial charge in [0.15, 0.2) is 16.6 Å². The van der Waals surface area contributed by atoms with Gasteiger partial charge < -0.3 is 19.1 Å². The summed E-state index contributed by atoms with van der Waals surface area (Å²) in [5, 5.41) is 0.399. The average Bonchev–Trinajstić information content (AvgIpc) is 3.08. The first-order valence-electron chi connectivity index (χ1n) is 11.1. The third-order valence-electron chi connectivity index (χ3n) is 5.52. The Morgan fingerprint density at radius 3 is 2.33 bits per heavy atom. The van der Waals surface area contributed by atoms with Crippen molar-refractivity contribution in [3.8, 4) is 17.2 Å². The van der Waals surface area contributed by atoms with Gasteiger partial charge in [-0.25, -0.2) is 0 Å². The maximum absolute atomic E-state index is 13.4. The number of hydrogen-bond donors (Lipinski definition) is 0. The van der Waals surface area contributed by atoms with E-state index in [1.807, 2.05) is 67.6 Å². The largest absolute Gasteiger partial charge is 0.494 e. The quantitative estimate of drug-likeness (QED) is 0.201. The van der Waals surface area contributed by atoms with E-state index in [4.69, 9.17) is 26.4 Å². The molecule has 1 fully saturated rings. The van der Waals surface area contributed by atoms with Crippen LogP contribution in [0.1, 0.15) is 18.1 Å². The second-order valence-electron chi connectivity index (χ2n) is 7.89. The number of halogens is 2. The fourth-order valence-electron chi connectivity index (χ4n) is 3.70. The van der Waals surface area contributed by atoms with Crippen LogP contribution in [0.5, 0.6) is 17.2 Å². The molecule has 0 aromatic heterocycles. The summed E-state index contributed by atoms with van der Waals surface area (Å²) >= 11 is 12.6. The van der Waals surface area contributed by atoms with E-state index >= 15 is 0 Å². The molecule has 3 aromatic rings. The number of rotatable bonds is 8. The molecule has 1 saturated heterocycles. The monoisotopic (exact) mass is 630 g/mol. The van der Waals surface area contributed by atoms with E-state index in [1.165, 1.54) is 4.90 Å². The Hall–Kier alpha value is -2.88. The van der Waals surface area contributed by atoms with Crippen molar-refractivity contribution in [1.29, 1.82) is 0 Å². The van der Waals surface area contributed by atoms with E-state index in [2.05, 4.69) is 31.9 Å². The summed E-state index contributed by atoms with van der Waals surface area (Å²) < 4.78 is 18.9. The van der Waals surface area contributed by atoms with E-state index in [1.54, 1.807) is 25.1 Å². The summed E-state index contributed by atoms with van der Waals surface area (Å²) in [6.07, 6.45) is 1.79. The van der Waals surface area contributed by atoms with Crippen LogP contribution in [-0.4, -0.2) is 36.7 Å². The minimum Gasteiger partial charge on any atom is -0.494 e. The molecule has 0 bridgehead atoms. The van der Waals surface area contributed by atoms with Gasteiger partial charge in [-0.2, -0.15) is 0 Å². The molecule has 0 N–H and O–H groups in total. The molecular weight excluding hydrogens is 608 g/mol. The van der Waals surface area contributed by atoms with E-state index in [-0.39, 0.29) is 5.91 Å². The number of amides is 1. The Morgan fingerprint density at radius 1 is 1.00 bits per heavy atom. The Morgan fingerprint density at radius 2 is 1.69 bits per heavy atom. The number of likely N-dealkylation sites (N-methyl/N-ethyl adjacent to an activating group) is 1. The fraction of sp³-hybridized carbons (Fsp3) is 0.185. The van der Waals surface area contributed by atoms with E-state index in [0.29, 0.717) is 45.7 Å². The molecule has 4 rings (SSSR count). The van der Waals surface area contributed by atoms with Crippen LogP contribution in [0.2, 0.25) is 0 Å². The maximum Gasteiger partial charge on any atom is 0.281 e. The number of carbonyl (C=O) groups is 1. The van der Waals surface area contributed by atoms with Gasteiger partial charge in [-0.1, -0.05) is 28.1 Å². The van der Waals surface area contributed by atoms with Crippen LogP contribution >= 0.6 is 44.1 Å². The van der Waals surface area contributed by atoms with Crippen LogP contribution in [-0.2, 0) is 11.4 Å². The number of ether oxygens (including phenoxy) is 3. The first-order valence-corrected chi connectivity index (χ1v) is 13.1. The van der Waals surface area contributed by atoms with Gasteiger partial charge in [-0.05, 0) is 101 Å². The van der Waals surface area contributed by atoms with Crippen molar-refractivity contribution in [3.63, 3.8) is 0 Å². The highest BCUT2D eigenvalue weighted by atomic mass is 79.9. The van der Waals surface area contributed by atoms with Gasteiger partial charge in [-0.3, -0.25) is 9.69 Å². The molecule has 0 radical (unpaired) electrons. The lowest BCUT2D eigenvalue weighted by molar-refractivity contribution is -0.114. The van der Waals surface area contributed by atoms with Crippen molar-refractivity contribution in [1.82, 2.24) is 4.90 Å². The molecule has 186 valence electrons. The highest BCUT2D eigenvalue weighted by molar-refractivity contribution is 9.10. The summed E-state index contributed by atoms with van der Waals surface area (Å²) in [6.45, 7) is 2.88. The van der Waals surface area contributed by atoms with Gasteiger partial charge in [0.05, 0.1) is 23.9 Å². The van der Waals surface area contributed by atoms with Crippen molar-refractivity contribution >= 4 is 66.9 Å². The summed E-state index contributed by atoms with van der Waals surface area (Å²) in [6, 6.07) is 18.9. The highest BCUT2D eigenvalue weighted by Gasteiger charge is 2.36. The molecule has 36 heavy (non-hydrogen) atoms. The van der Waals surface area contributed by atoms with E-state index in [9.17, 15) is 4.79 Å². The molecule has 1 amide bonds. The summed E-state index contributed by atoms with van der Waals surface area (Å²) in [5.41, 5.74) is 2.92. The third kappa shape index (κ3) is 5.58. The average molecular weight is 632 g/mol. The van der Waals surface area contributed by atoms with Crippen LogP contribution in [0, 0.1) is 0 Å². The highest BCUT2D eigenvalue weighted by Crippen LogP contribution is 2.38. The number of benzene rings is 3. The Balaban J connectivity index is 1.58. The first-order chi connectivity index (χ1) is 17.3. The van der Waals surface area contributed by atoms with Crippen LogP contribution < -0.4 is 19.1 Å². The van der Waals surface area contributed by atoms with Crippen molar-refractivity contribution in [3.05, 3.63) is 86.4 Å². The zero-order chi connectivity index (χ0) is 25.8. The lowest BCUT2D eigenvalue weighted by Crippen LogP contribution is -2.31. The zero-order valence-electron chi connectivity index (χ0n) is 20.0. The molecule has 1 aliphatic heterocycles. The Labute approximate surface area is 232 Å². The SMILES string of the molecule is CCOc1ccc(N2C(=O)/C(=C/c3cc(Br)c(OCc4ccc(Br)cc4)c(OC)c3)N(C)C2=S)cc1. The molecule has 0 unspecified atom stereocenters. The lowest BCUT2D eigenvalue weighted by atomic mass is 10.1. The number of carbonyl (C=O) groups excluding carboxylic acids is 1. The molecule has 1 heterocycles. The lowest BCUT2D eigenvalue weighted by Gasteiger charge is -2.16. The number of thiocarbonyl (C=S) groups is 1. The van der Waals surface area contributed by atoms with Crippen molar-refractivity contribution in [2.75, 3.05) is 25.7 Å². The fourth-order valence-corrected chi connectivity index (χ4v) is 4.82.